The van der Waals surface area contributed by atoms with Gasteiger partial charge in [-0.2, -0.15) is 0 Å². The summed E-state index contributed by atoms with van der Waals surface area (Å²) in [5.74, 6) is 1.87. The first-order valence-corrected chi connectivity index (χ1v) is 8.29. The van der Waals surface area contributed by atoms with Crippen LogP contribution in [-0.4, -0.2) is 25.4 Å². The van der Waals surface area contributed by atoms with Crippen molar-refractivity contribution in [3.05, 3.63) is 58.7 Å². The molecule has 0 radical (unpaired) electrons. The minimum Gasteiger partial charge on any atom is -0.457 e. The number of hydrogen-bond acceptors (Lipinski definition) is 3. The molecule has 2 fully saturated rings. The zero-order chi connectivity index (χ0) is 15.8. The topological polar surface area (TPSA) is 34.3 Å². The average molecular weight is 310 g/mol. The molecule has 0 spiro atoms. The summed E-state index contributed by atoms with van der Waals surface area (Å²) in [6.07, 6.45) is 2.74. The van der Waals surface area contributed by atoms with Crippen LogP contribution < -0.4 is 4.74 Å². The van der Waals surface area contributed by atoms with Crippen molar-refractivity contribution in [3.63, 3.8) is 0 Å². The van der Waals surface area contributed by atoms with E-state index in [1.165, 1.54) is 22.3 Å². The van der Waals surface area contributed by atoms with Gasteiger partial charge in [-0.15, -0.1) is 0 Å². The molecule has 0 aliphatic carbocycles. The Balaban J connectivity index is 1.57. The van der Waals surface area contributed by atoms with Crippen LogP contribution in [0.25, 0.3) is 0 Å². The summed E-state index contributed by atoms with van der Waals surface area (Å²) < 4.78 is 16.9. The number of hydrogen-bond donors (Lipinski definition) is 0. The normalized spacial score (nSPS) is 22.0. The van der Waals surface area contributed by atoms with Crippen LogP contribution >= 0.6 is 0 Å². The molecule has 0 aromatic heterocycles. The highest BCUT2D eigenvalue weighted by molar-refractivity contribution is 5.46. The molecule has 2 unspecified atom stereocenters. The molecule has 2 aromatic carbocycles. The van der Waals surface area contributed by atoms with E-state index in [0.29, 0.717) is 12.2 Å². The molecule has 3 heteroatoms. The van der Waals surface area contributed by atoms with Gasteiger partial charge in [0.05, 0.1) is 25.4 Å². The summed E-state index contributed by atoms with van der Waals surface area (Å²) in [6, 6.07) is 12.6. The Morgan fingerprint density at radius 3 is 1.65 bits per heavy atom. The second-order valence-electron chi connectivity index (χ2n) is 6.50. The minimum atomic E-state index is 0.396. The maximum Gasteiger partial charge on any atom is 0.130 e. The molecule has 2 saturated heterocycles. The summed E-state index contributed by atoms with van der Waals surface area (Å²) in [7, 11) is 0. The summed E-state index contributed by atoms with van der Waals surface area (Å²) >= 11 is 0. The molecular weight excluding hydrogens is 288 g/mol. The molecule has 0 N–H and O–H groups in total. The monoisotopic (exact) mass is 310 g/mol. The van der Waals surface area contributed by atoms with Gasteiger partial charge in [-0.25, -0.2) is 0 Å². The van der Waals surface area contributed by atoms with E-state index in [0.717, 1.165) is 37.6 Å². The van der Waals surface area contributed by atoms with Crippen molar-refractivity contribution in [2.24, 2.45) is 0 Å². The summed E-state index contributed by atoms with van der Waals surface area (Å²) in [5, 5.41) is 0. The lowest BCUT2D eigenvalue weighted by molar-refractivity contribution is 0.406. The lowest BCUT2D eigenvalue weighted by Crippen LogP contribution is -2.00. The fraction of sp³-hybridized carbons (Fsp3) is 0.400. The molecular formula is C20H22O3. The van der Waals surface area contributed by atoms with E-state index >= 15 is 0 Å². The summed E-state index contributed by atoms with van der Waals surface area (Å²) in [4.78, 5) is 0. The fourth-order valence-corrected chi connectivity index (χ4v) is 2.96. The third-order valence-electron chi connectivity index (χ3n) is 4.71. The van der Waals surface area contributed by atoms with Crippen LogP contribution in [0.3, 0.4) is 0 Å². The van der Waals surface area contributed by atoms with Crippen LogP contribution in [0.1, 0.15) is 22.3 Å². The minimum absolute atomic E-state index is 0.396. The van der Waals surface area contributed by atoms with E-state index in [1.807, 2.05) is 12.1 Å². The van der Waals surface area contributed by atoms with E-state index < -0.39 is 0 Å². The highest BCUT2D eigenvalue weighted by atomic mass is 16.6. The number of benzene rings is 2. The SMILES string of the molecule is Cc1c(CC2CO2)cccc1Oc1cccc(CC2CO2)c1C. The lowest BCUT2D eigenvalue weighted by atomic mass is 10.0. The number of epoxide rings is 2. The molecule has 3 nitrogen and oxygen atoms in total. The third-order valence-corrected chi connectivity index (χ3v) is 4.71. The Hall–Kier alpha value is -1.84. The van der Waals surface area contributed by atoms with E-state index in [2.05, 4.69) is 38.1 Å². The van der Waals surface area contributed by atoms with Gasteiger partial charge in [0.15, 0.2) is 0 Å². The molecule has 2 aliphatic heterocycles. The van der Waals surface area contributed by atoms with Crippen LogP contribution in [0.15, 0.2) is 36.4 Å². The van der Waals surface area contributed by atoms with E-state index in [1.54, 1.807) is 0 Å². The first-order valence-electron chi connectivity index (χ1n) is 8.29. The molecule has 23 heavy (non-hydrogen) atoms. The van der Waals surface area contributed by atoms with Crippen molar-refractivity contribution in [1.29, 1.82) is 0 Å². The van der Waals surface area contributed by atoms with Gasteiger partial charge in [-0.1, -0.05) is 24.3 Å². The Morgan fingerprint density at radius 1 is 0.826 bits per heavy atom. The van der Waals surface area contributed by atoms with Crippen LogP contribution in [0.5, 0.6) is 11.5 Å². The van der Waals surface area contributed by atoms with Crippen LogP contribution in [0.4, 0.5) is 0 Å². The van der Waals surface area contributed by atoms with Crippen LogP contribution in [0.2, 0.25) is 0 Å². The van der Waals surface area contributed by atoms with E-state index in [9.17, 15) is 0 Å². The Bertz CT molecular complexity index is 653. The van der Waals surface area contributed by atoms with Crippen molar-refractivity contribution in [1.82, 2.24) is 0 Å². The third kappa shape index (κ3) is 3.41. The molecule has 4 rings (SSSR count). The highest BCUT2D eigenvalue weighted by Crippen LogP contribution is 2.33. The van der Waals surface area contributed by atoms with Gasteiger partial charge in [-0.05, 0) is 48.2 Å². The molecule has 2 atom stereocenters. The van der Waals surface area contributed by atoms with Gasteiger partial charge in [0.25, 0.3) is 0 Å². The molecule has 0 saturated carbocycles. The maximum atomic E-state index is 6.24. The molecule has 0 amide bonds. The zero-order valence-electron chi connectivity index (χ0n) is 13.7. The molecule has 2 heterocycles. The van der Waals surface area contributed by atoms with E-state index in [4.69, 9.17) is 14.2 Å². The summed E-state index contributed by atoms with van der Waals surface area (Å²) in [6.45, 7) is 6.03. The Morgan fingerprint density at radius 2 is 1.26 bits per heavy atom. The van der Waals surface area contributed by atoms with Gasteiger partial charge >= 0.3 is 0 Å². The smallest absolute Gasteiger partial charge is 0.130 e. The fourth-order valence-electron chi connectivity index (χ4n) is 2.96. The quantitative estimate of drug-likeness (QED) is 0.757. The van der Waals surface area contributed by atoms with Crippen molar-refractivity contribution in [3.8, 4) is 11.5 Å². The Kier molecular flexibility index (Phi) is 3.83. The van der Waals surface area contributed by atoms with Crippen molar-refractivity contribution in [2.75, 3.05) is 13.2 Å². The van der Waals surface area contributed by atoms with Crippen molar-refractivity contribution >= 4 is 0 Å². The second kappa shape index (κ2) is 5.99. The predicted molar refractivity (Wildman–Crippen MR) is 89.3 cm³/mol. The average Bonchev–Trinajstić information content (AvgIpc) is 3.43. The van der Waals surface area contributed by atoms with Crippen molar-refractivity contribution in [2.45, 2.75) is 38.9 Å². The molecule has 2 aromatic rings. The zero-order valence-corrected chi connectivity index (χ0v) is 13.7. The lowest BCUT2D eigenvalue weighted by Gasteiger charge is -2.15. The Labute approximate surface area is 137 Å². The second-order valence-corrected chi connectivity index (χ2v) is 6.50. The largest absolute Gasteiger partial charge is 0.457 e. The molecule has 2 aliphatic rings. The van der Waals surface area contributed by atoms with Gasteiger partial charge < -0.3 is 14.2 Å². The summed E-state index contributed by atoms with van der Waals surface area (Å²) in [5.41, 5.74) is 5.03. The van der Waals surface area contributed by atoms with Gasteiger partial charge in [0.1, 0.15) is 11.5 Å². The number of ether oxygens (including phenoxy) is 3. The first-order chi connectivity index (χ1) is 11.2. The van der Waals surface area contributed by atoms with Crippen LogP contribution in [-0.2, 0) is 22.3 Å². The van der Waals surface area contributed by atoms with Gasteiger partial charge in [-0.3, -0.25) is 0 Å². The van der Waals surface area contributed by atoms with Crippen LogP contribution in [0, 0.1) is 13.8 Å². The standard InChI is InChI=1S/C20H22O3/c1-13-15(9-17-11-21-17)5-3-7-19(13)23-20-8-4-6-16(14(20)2)10-18-12-22-18/h3-8,17-18H,9-12H2,1-2H3. The molecule has 0 bridgehead atoms. The molecule has 120 valence electrons. The van der Waals surface area contributed by atoms with E-state index in [-0.39, 0.29) is 0 Å². The van der Waals surface area contributed by atoms with Gasteiger partial charge in [0.2, 0.25) is 0 Å². The van der Waals surface area contributed by atoms with Gasteiger partial charge in [0, 0.05) is 12.8 Å². The number of rotatable bonds is 6. The van der Waals surface area contributed by atoms with Crippen molar-refractivity contribution < 1.29 is 14.2 Å². The highest BCUT2D eigenvalue weighted by Gasteiger charge is 2.25. The predicted octanol–water partition coefficient (Wildman–Crippen LogP) is 3.98. The maximum absolute atomic E-state index is 6.24. The first kappa shape index (κ1) is 14.7.